The minimum atomic E-state index is -0.425. The molecule has 1 amide bonds. The maximum Gasteiger partial charge on any atom is 0.237 e. The van der Waals surface area contributed by atoms with Crippen LogP contribution in [-0.4, -0.2) is 24.0 Å². The molecule has 0 saturated heterocycles. The van der Waals surface area contributed by atoms with E-state index < -0.39 is 6.04 Å². The lowest BCUT2D eigenvalue weighted by atomic mass is 9.91. The van der Waals surface area contributed by atoms with Gasteiger partial charge in [0.1, 0.15) is 0 Å². The molecule has 1 aromatic carbocycles. The topological polar surface area (TPSA) is 81.1 Å². The predicted octanol–water partition coefficient (Wildman–Crippen LogP) is 1.33. The number of nitrogens with one attached hydrogen (secondary N) is 1. The zero-order valence-electron chi connectivity index (χ0n) is 11.9. The van der Waals surface area contributed by atoms with E-state index in [1.165, 1.54) is 5.56 Å². The SMILES string of the molecule is NC1CCC(NC(=O)C(N)CCc2ccccc2)CC1. The molecule has 0 spiro atoms. The van der Waals surface area contributed by atoms with E-state index in [0.29, 0.717) is 12.5 Å². The van der Waals surface area contributed by atoms with Crippen LogP contribution in [-0.2, 0) is 11.2 Å². The third kappa shape index (κ3) is 4.62. The summed E-state index contributed by atoms with van der Waals surface area (Å²) in [6.07, 6.45) is 5.44. The van der Waals surface area contributed by atoms with E-state index >= 15 is 0 Å². The van der Waals surface area contributed by atoms with E-state index in [2.05, 4.69) is 17.4 Å². The summed E-state index contributed by atoms with van der Waals surface area (Å²) in [5.74, 6) is -0.0265. The molecule has 0 aliphatic heterocycles. The van der Waals surface area contributed by atoms with Gasteiger partial charge in [-0.2, -0.15) is 0 Å². The molecule has 0 radical (unpaired) electrons. The van der Waals surface area contributed by atoms with Crippen LogP contribution < -0.4 is 16.8 Å². The van der Waals surface area contributed by atoms with Crippen LogP contribution in [0, 0.1) is 0 Å². The van der Waals surface area contributed by atoms with E-state index in [1.54, 1.807) is 0 Å². The van der Waals surface area contributed by atoms with Crippen molar-refractivity contribution in [3.8, 4) is 0 Å². The Morgan fingerprint density at radius 2 is 1.85 bits per heavy atom. The van der Waals surface area contributed by atoms with Crippen LogP contribution in [0.2, 0.25) is 0 Å². The molecule has 1 aliphatic carbocycles. The first-order valence-electron chi connectivity index (χ1n) is 7.50. The second kappa shape index (κ2) is 7.41. The van der Waals surface area contributed by atoms with Gasteiger partial charge in [-0.1, -0.05) is 30.3 Å². The van der Waals surface area contributed by atoms with Gasteiger partial charge in [-0.3, -0.25) is 4.79 Å². The van der Waals surface area contributed by atoms with Crippen molar-refractivity contribution in [3.63, 3.8) is 0 Å². The van der Waals surface area contributed by atoms with Crippen LogP contribution in [0.25, 0.3) is 0 Å². The molecular weight excluding hydrogens is 250 g/mol. The summed E-state index contributed by atoms with van der Waals surface area (Å²) in [4.78, 5) is 12.0. The van der Waals surface area contributed by atoms with Gasteiger partial charge in [0, 0.05) is 12.1 Å². The van der Waals surface area contributed by atoms with Crippen molar-refractivity contribution in [2.75, 3.05) is 0 Å². The lowest BCUT2D eigenvalue weighted by Gasteiger charge is -2.27. The molecule has 110 valence electrons. The summed E-state index contributed by atoms with van der Waals surface area (Å²) in [6.45, 7) is 0. The van der Waals surface area contributed by atoms with Crippen molar-refractivity contribution in [3.05, 3.63) is 35.9 Å². The highest BCUT2D eigenvalue weighted by Crippen LogP contribution is 2.17. The van der Waals surface area contributed by atoms with Gasteiger partial charge in [0.2, 0.25) is 5.91 Å². The Bertz CT molecular complexity index is 413. The van der Waals surface area contributed by atoms with Crippen molar-refractivity contribution in [2.45, 2.75) is 56.7 Å². The number of hydrogen-bond acceptors (Lipinski definition) is 3. The molecule has 1 aliphatic rings. The van der Waals surface area contributed by atoms with Gasteiger partial charge in [0.15, 0.2) is 0 Å². The third-order valence-electron chi connectivity index (χ3n) is 4.04. The number of benzene rings is 1. The van der Waals surface area contributed by atoms with Crippen molar-refractivity contribution >= 4 is 5.91 Å². The predicted molar refractivity (Wildman–Crippen MR) is 81.1 cm³/mol. The molecule has 0 bridgehead atoms. The highest BCUT2D eigenvalue weighted by molar-refractivity contribution is 5.81. The molecule has 1 saturated carbocycles. The van der Waals surface area contributed by atoms with Gasteiger partial charge in [-0.05, 0) is 44.1 Å². The molecular formula is C16H25N3O. The van der Waals surface area contributed by atoms with Crippen LogP contribution >= 0.6 is 0 Å². The van der Waals surface area contributed by atoms with Gasteiger partial charge >= 0.3 is 0 Å². The normalized spacial score (nSPS) is 24.1. The van der Waals surface area contributed by atoms with E-state index in [9.17, 15) is 4.79 Å². The van der Waals surface area contributed by atoms with E-state index in [-0.39, 0.29) is 11.9 Å². The highest BCUT2D eigenvalue weighted by atomic mass is 16.2. The number of aryl methyl sites for hydroxylation is 1. The molecule has 4 nitrogen and oxygen atoms in total. The number of nitrogens with two attached hydrogens (primary N) is 2. The van der Waals surface area contributed by atoms with Crippen LogP contribution in [0.4, 0.5) is 0 Å². The number of amides is 1. The van der Waals surface area contributed by atoms with E-state index in [0.717, 1.165) is 32.1 Å². The lowest BCUT2D eigenvalue weighted by molar-refractivity contribution is -0.123. The largest absolute Gasteiger partial charge is 0.352 e. The van der Waals surface area contributed by atoms with Crippen LogP contribution in [0.15, 0.2) is 30.3 Å². The Hall–Kier alpha value is -1.39. The van der Waals surface area contributed by atoms with Gasteiger partial charge in [-0.25, -0.2) is 0 Å². The molecule has 2 rings (SSSR count). The second-order valence-corrected chi connectivity index (χ2v) is 5.75. The molecule has 1 aromatic rings. The maximum absolute atomic E-state index is 12.0. The minimum absolute atomic E-state index is 0.0265. The van der Waals surface area contributed by atoms with Gasteiger partial charge in [0.05, 0.1) is 6.04 Å². The zero-order valence-corrected chi connectivity index (χ0v) is 11.9. The van der Waals surface area contributed by atoms with Crippen molar-refractivity contribution < 1.29 is 4.79 Å². The summed E-state index contributed by atoms with van der Waals surface area (Å²) in [6, 6.07) is 10.3. The summed E-state index contributed by atoms with van der Waals surface area (Å²) >= 11 is 0. The first kappa shape index (κ1) is 15.0. The fourth-order valence-corrected chi connectivity index (χ4v) is 2.67. The maximum atomic E-state index is 12.0. The zero-order chi connectivity index (χ0) is 14.4. The summed E-state index contributed by atoms with van der Waals surface area (Å²) in [5.41, 5.74) is 13.1. The Morgan fingerprint density at radius 1 is 1.20 bits per heavy atom. The Balaban J connectivity index is 1.72. The van der Waals surface area contributed by atoms with E-state index in [1.807, 2.05) is 18.2 Å². The van der Waals surface area contributed by atoms with Crippen LogP contribution in [0.5, 0.6) is 0 Å². The Morgan fingerprint density at radius 3 is 2.50 bits per heavy atom. The van der Waals surface area contributed by atoms with Gasteiger partial charge in [0.25, 0.3) is 0 Å². The highest BCUT2D eigenvalue weighted by Gasteiger charge is 2.22. The molecule has 1 fully saturated rings. The Labute approximate surface area is 120 Å². The fraction of sp³-hybridized carbons (Fsp3) is 0.562. The number of carbonyl (C=O) groups is 1. The third-order valence-corrected chi connectivity index (χ3v) is 4.04. The first-order chi connectivity index (χ1) is 9.65. The first-order valence-corrected chi connectivity index (χ1v) is 7.50. The number of hydrogen-bond donors (Lipinski definition) is 3. The number of carbonyl (C=O) groups excluding carboxylic acids is 1. The molecule has 5 N–H and O–H groups in total. The quantitative estimate of drug-likeness (QED) is 0.758. The Kier molecular flexibility index (Phi) is 5.56. The lowest BCUT2D eigenvalue weighted by Crippen LogP contribution is -2.47. The van der Waals surface area contributed by atoms with Crippen molar-refractivity contribution in [1.29, 1.82) is 0 Å². The summed E-state index contributed by atoms with van der Waals surface area (Å²) < 4.78 is 0. The average Bonchev–Trinajstić information content (AvgIpc) is 2.48. The fourth-order valence-electron chi connectivity index (χ4n) is 2.67. The van der Waals surface area contributed by atoms with E-state index in [4.69, 9.17) is 11.5 Å². The van der Waals surface area contributed by atoms with Gasteiger partial charge < -0.3 is 16.8 Å². The second-order valence-electron chi connectivity index (χ2n) is 5.75. The van der Waals surface area contributed by atoms with Crippen molar-refractivity contribution in [1.82, 2.24) is 5.32 Å². The van der Waals surface area contributed by atoms with Gasteiger partial charge in [-0.15, -0.1) is 0 Å². The average molecular weight is 275 g/mol. The van der Waals surface area contributed by atoms with Crippen LogP contribution in [0.1, 0.15) is 37.7 Å². The molecule has 1 atom stereocenters. The summed E-state index contributed by atoms with van der Waals surface area (Å²) in [7, 11) is 0. The standard InChI is InChI=1S/C16H25N3O/c17-13-7-9-14(10-8-13)19-16(20)15(18)11-6-12-4-2-1-3-5-12/h1-5,13-15H,6-11,17-18H2,(H,19,20). The number of rotatable bonds is 5. The molecule has 0 aromatic heterocycles. The minimum Gasteiger partial charge on any atom is -0.352 e. The van der Waals surface area contributed by atoms with Crippen LogP contribution in [0.3, 0.4) is 0 Å². The molecule has 20 heavy (non-hydrogen) atoms. The molecule has 0 heterocycles. The molecule has 4 heteroatoms. The monoisotopic (exact) mass is 275 g/mol. The smallest absolute Gasteiger partial charge is 0.237 e. The van der Waals surface area contributed by atoms with Crippen molar-refractivity contribution in [2.24, 2.45) is 11.5 Å². The molecule has 1 unspecified atom stereocenters. The summed E-state index contributed by atoms with van der Waals surface area (Å²) in [5, 5.41) is 3.06.